The number of benzene rings is 2. The van der Waals surface area contributed by atoms with Gasteiger partial charge in [-0.2, -0.15) is 0 Å². The molecule has 0 spiro atoms. The summed E-state index contributed by atoms with van der Waals surface area (Å²) in [6.07, 6.45) is 4.44. The number of fused-ring (bicyclic) bond motifs is 2. The predicted octanol–water partition coefficient (Wildman–Crippen LogP) is 5.80. The van der Waals surface area contributed by atoms with Crippen LogP contribution < -0.4 is 5.32 Å². The van der Waals surface area contributed by atoms with Gasteiger partial charge in [0.15, 0.2) is 0 Å². The maximum atomic E-state index is 13.3. The molecule has 5 rings (SSSR count). The molecule has 3 aromatic rings. The first-order valence-electron chi connectivity index (χ1n) is 9.15. The van der Waals surface area contributed by atoms with E-state index in [-0.39, 0.29) is 22.9 Å². The number of Topliss-reactive ketones (excluding diaryl/α,β-unsaturated/α-hetero) is 1. The molecular formula is C23H19NO2S. The number of allylic oxidation sites excluding steroid dienone is 2. The average molecular weight is 373 g/mol. The van der Waals surface area contributed by atoms with Crippen molar-refractivity contribution in [1.82, 2.24) is 0 Å². The van der Waals surface area contributed by atoms with E-state index in [2.05, 4.69) is 35.7 Å². The van der Waals surface area contributed by atoms with Gasteiger partial charge in [0.05, 0.1) is 23.1 Å². The molecule has 3 nitrogen and oxygen atoms in total. The van der Waals surface area contributed by atoms with Gasteiger partial charge < -0.3 is 9.73 Å². The fraction of sp³-hybridized carbons (Fsp3) is 0.174. The Morgan fingerprint density at radius 3 is 2.59 bits per heavy atom. The molecular weight excluding hydrogens is 354 g/mol. The molecule has 0 unspecified atom stereocenters. The van der Waals surface area contributed by atoms with Crippen LogP contribution in [0.25, 0.3) is 0 Å². The molecule has 0 amide bonds. The summed E-state index contributed by atoms with van der Waals surface area (Å²) in [5.74, 6) is 0.981. The van der Waals surface area contributed by atoms with Crippen LogP contribution in [0.4, 0.5) is 5.69 Å². The first-order valence-corrected chi connectivity index (χ1v) is 10.0. The molecule has 1 aromatic heterocycles. The first kappa shape index (κ1) is 16.5. The number of carbonyl (C=O) groups excluding carboxylic acids is 1. The van der Waals surface area contributed by atoms with Crippen LogP contribution in [-0.4, -0.2) is 5.78 Å². The van der Waals surface area contributed by atoms with Gasteiger partial charge in [0.25, 0.3) is 0 Å². The predicted molar refractivity (Wildman–Crippen MR) is 108 cm³/mol. The molecule has 1 aliphatic carbocycles. The van der Waals surface area contributed by atoms with Crippen molar-refractivity contribution in [2.45, 2.75) is 22.5 Å². The summed E-state index contributed by atoms with van der Waals surface area (Å²) >= 11 is 1.70. The van der Waals surface area contributed by atoms with E-state index < -0.39 is 0 Å². The minimum atomic E-state index is -0.228. The molecule has 0 bridgehead atoms. The van der Waals surface area contributed by atoms with Crippen LogP contribution in [0.3, 0.4) is 0 Å². The van der Waals surface area contributed by atoms with E-state index in [1.807, 2.05) is 42.5 Å². The molecule has 1 N–H and O–H groups in total. The zero-order valence-corrected chi connectivity index (χ0v) is 15.5. The second-order valence-corrected chi connectivity index (χ2v) is 8.15. The summed E-state index contributed by atoms with van der Waals surface area (Å²) in [6.45, 7) is 0. The van der Waals surface area contributed by atoms with E-state index in [4.69, 9.17) is 4.42 Å². The summed E-state index contributed by atoms with van der Waals surface area (Å²) in [7, 11) is 0. The molecule has 0 fully saturated rings. The normalized spacial score (nSPS) is 24.2. The van der Waals surface area contributed by atoms with Gasteiger partial charge in [0.1, 0.15) is 11.5 Å². The van der Waals surface area contributed by atoms with Crippen molar-refractivity contribution < 1.29 is 9.21 Å². The van der Waals surface area contributed by atoms with E-state index in [0.717, 1.165) is 22.0 Å². The second kappa shape index (κ2) is 6.78. The van der Waals surface area contributed by atoms with Crippen LogP contribution in [0.15, 0.2) is 94.1 Å². The Labute approximate surface area is 162 Å². The number of ketones is 1. The highest BCUT2D eigenvalue weighted by molar-refractivity contribution is 7.99. The minimum Gasteiger partial charge on any atom is -0.468 e. The van der Waals surface area contributed by atoms with Crippen molar-refractivity contribution in [1.29, 1.82) is 0 Å². The number of hydrogen-bond donors (Lipinski definition) is 1. The third kappa shape index (κ3) is 3.00. The van der Waals surface area contributed by atoms with E-state index >= 15 is 0 Å². The number of anilines is 1. The fourth-order valence-corrected chi connectivity index (χ4v) is 5.33. The lowest BCUT2D eigenvalue weighted by Crippen LogP contribution is -2.30. The van der Waals surface area contributed by atoms with Gasteiger partial charge in [-0.15, -0.1) is 11.8 Å². The van der Waals surface area contributed by atoms with Crippen LogP contribution in [0.1, 0.15) is 28.9 Å². The Morgan fingerprint density at radius 1 is 0.963 bits per heavy atom. The number of furan rings is 1. The second-order valence-electron chi connectivity index (χ2n) is 6.96. The highest BCUT2D eigenvalue weighted by Crippen LogP contribution is 2.51. The summed E-state index contributed by atoms with van der Waals surface area (Å²) in [6, 6.07) is 22.3. The zero-order chi connectivity index (χ0) is 18.2. The maximum Gasteiger partial charge on any atom is 0.144 e. The van der Waals surface area contributed by atoms with E-state index in [1.54, 1.807) is 18.0 Å². The molecule has 0 radical (unpaired) electrons. The van der Waals surface area contributed by atoms with Crippen LogP contribution in [0, 0.1) is 5.92 Å². The number of rotatable bonds is 2. The van der Waals surface area contributed by atoms with Gasteiger partial charge in [-0.1, -0.05) is 48.5 Å². The molecule has 2 aromatic carbocycles. The van der Waals surface area contributed by atoms with Gasteiger partial charge in [-0.05, 0) is 29.8 Å². The lowest BCUT2D eigenvalue weighted by molar-refractivity contribution is -0.122. The Hall–Kier alpha value is -2.72. The maximum absolute atomic E-state index is 13.3. The van der Waals surface area contributed by atoms with Gasteiger partial charge >= 0.3 is 0 Å². The van der Waals surface area contributed by atoms with Crippen LogP contribution in [0.2, 0.25) is 0 Å². The third-order valence-corrected chi connectivity index (χ3v) is 6.63. The fourth-order valence-electron chi connectivity index (χ4n) is 3.97. The molecule has 2 heterocycles. The summed E-state index contributed by atoms with van der Waals surface area (Å²) in [4.78, 5) is 14.4. The molecule has 4 heteroatoms. The number of hydrogen-bond acceptors (Lipinski definition) is 4. The number of nitrogens with one attached hydrogen (secondary N) is 1. The molecule has 3 atom stereocenters. The van der Waals surface area contributed by atoms with Gasteiger partial charge in [-0.3, -0.25) is 4.79 Å². The number of thioether (sulfide) groups is 1. The van der Waals surface area contributed by atoms with Crippen molar-refractivity contribution in [2.75, 3.05) is 5.32 Å². The largest absolute Gasteiger partial charge is 0.468 e. The topological polar surface area (TPSA) is 42.2 Å². The van der Waals surface area contributed by atoms with Gasteiger partial charge in [-0.25, -0.2) is 0 Å². The molecule has 0 saturated heterocycles. The van der Waals surface area contributed by atoms with Gasteiger partial charge in [0.2, 0.25) is 0 Å². The smallest absolute Gasteiger partial charge is 0.144 e. The number of carbonyl (C=O) groups is 1. The Morgan fingerprint density at radius 2 is 1.78 bits per heavy atom. The Kier molecular flexibility index (Phi) is 4.13. The van der Waals surface area contributed by atoms with Crippen molar-refractivity contribution in [3.63, 3.8) is 0 Å². The summed E-state index contributed by atoms with van der Waals surface area (Å²) in [5.41, 5.74) is 3.21. The lowest BCUT2D eigenvalue weighted by Gasteiger charge is -2.30. The summed E-state index contributed by atoms with van der Waals surface area (Å²) in [5, 5.41) is 3.50. The van der Waals surface area contributed by atoms with Crippen LogP contribution >= 0.6 is 11.8 Å². The van der Waals surface area contributed by atoms with Crippen molar-refractivity contribution in [3.05, 3.63) is 96.1 Å². The minimum absolute atomic E-state index is 0.0633. The lowest BCUT2D eigenvalue weighted by atomic mass is 9.79. The molecule has 2 aliphatic rings. The summed E-state index contributed by atoms with van der Waals surface area (Å²) < 4.78 is 5.72. The van der Waals surface area contributed by atoms with E-state index in [9.17, 15) is 4.79 Å². The zero-order valence-electron chi connectivity index (χ0n) is 14.7. The van der Waals surface area contributed by atoms with Crippen molar-refractivity contribution >= 4 is 23.2 Å². The Balaban J connectivity index is 1.63. The monoisotopic (exact) mass is 373 g/mol. The van der Waals surface area contributed by atoms with E-state index in [0.29, 0.717) is 6.42 Å². The highest BCUT2D eigenvalue weighted by atomic mass is 32.2. The average Bonchev–Trinajstić information content (AvgIpc) is 3.17. The van der Waals surface area contributed by atoms with Crippen LogP contribution in [0.5, 0.6) is 0 Å². The quantitative estimate of drug-likeness (QED) is 0.617. The first-order chi connectivity index (χ1) is 13.3. The number of para-hydroxylation sites is 1. The molecule has 27 heavy (non-hydrogen) atoms. The molecule has 134 valence electrons. The van der Waals surface area contributed by atoms with Gasteiger partial charge in [0, 0.05) is 22.9 Å². The van der Waals surface area contributed by atoms with Crippen LogP contribution in [-0.2, 0) is 4.79 Å². The van der Waals surface area contributed by atoms with Crippen molar-refractivity contribution in [3.8, 4) is 0 Å². The standard InChI is InChI=1S/C23H19NO2S/c25-19-14-16(15-7-2-1-3-8-15)13-18-22(19)23(20-10-6-12-26-20)27-21-11-5-4-9-17(21)24-18/h1-13,16,22-24H,14H2/t16-,22+,23+/m1/s1. The van der Waals surface area contributed by atoms with E-state index in [1.165, 1.54) is 5.56 Å². The Bertz CT molecular complexity index is 994. The SMILES string of the molecule is O=C1C[C@H](c2ccccc2)C=C2Nc3ccccc3S[C@@H](c3ccco3)[C@H]12. The highest BCUT2D eigenvalue weighted by Gasteiger charge is 2.41. The van der Waals surface area contributed by atoms with Crippen molar-refractivity contribution in [2.24, 2.45) is 5.92 Å². The third-order valence-electron chi connectivity index (χ3n) is 5.26. The molecule has 1 aliphatic heterocycles. The molecule has 0 saturated carbocycles.